The molecule has 19 heavy (non-hydrogen) atoms. The van der Waals surface area contributed by atoms with Crippen LogP contribution in [0.1, 0.15) is 47.1 Å². The van der Waals surface area contributed by atoms with E-state index in [-0.39, 0.29) is 11.8 Å². The lowest BCUT2D eigenvalue weighted by Crippen LogP contribution is -2.13. The van der Waals surface area contributed by atoms with Crippen molar-refractivity contribution in [1.82, 2.24) is 9.78 Å². The molecule has 0 spiro atoms. The van der Waals surface area contributed by atoms with Gasteiger partial charge >= 0.3 is 0 Å². The molecule has 0 aliphatic rings. The van der Waals surface area contributed by atoms with Crippen molar-refractivity contribution in [1.29, 1.82) is 0 Å². The minimum absolute atomic E-state index is 0.0206. The second kappa shape index (κ2) is 5.57. The normalized spacial score (nSPS) is 11.0. The first-order valence-electron chi connectivity index (χ1n) is 6.33. The van der Waals surface area contributed by atoms with Crippen molar-refractivity contribution >= 4 is 17.1 Å². The van der Waals surface area contributed by atoms with Gasteiger partial charge in [-0.05, 0) is 32.4 Å². The number of thiophene rings is 1. The Hall–Kier alpha value is -1.62. The van der Waals surface area contributed by atoms with E-state index in [0.717, 1.165) is 11.3 Å². The standard InChI is InChI=1S/C14H18N2O2S/c1-5-10-6-7-12(19-10)14(17)13-11(18-4)8-15-16(13)9(2)3/h6-9H,5H2,1-4H3. The molecule has 0 fully saturated rings. The molecular formula is C14H18N2O2S. The quantitative estimate of drug-likeness (QED) is 0.788. The number of aryl methyl sites for hydroxylation is 1. The smallest absolute Gasteiger partial charge is 0.224 e. The number of carbonyl (C=O) groups excluding carboxylic acids is 1. The van der Waals surface area contributed by atoms with Crippen molar-refractivity contribution in [3.63, 3.8) is 0 Å². The maximum absolute atomic E-state index is 12.6. The molecule has 5 heteroatoms. The fourth-order valence-corrected chi connectivity index (χ4v) is 2.80. The summed E-state index contributed by atoms with van der Waals surface area (Å²) in [5.74, 6) is 0.512. The van der Waals surface area contributed by atoms with Gasteiger partial charge in [0.1, 0.15) is 0 Å². The third kappa shape index (κ3) is 2.56. The third-order valence-electron chi connectivity index (χ3n) is 2.92. The van der Waals surface area contributed by atoms with Crippen LogP contribution in [0.4, 0.5) is 0 Å². The van der Waals surface area contributed by atoms with Crippen LogP contribution in [0, 0.1) is 0 Å². The molecule has 2 heterocycles. The Bertz CT molecular complexity index is 584. The van der Waals surface area contributed by atoms with Gasteiger partial charge in [-0.2, -0.15) is 5.10 Å². The van der Waals surface area contributed by atoms with Crippen LogP contribution in [-0.4, -0.2) is 22.7 Å². The minimum Gasteiger partial charge on any atom is -0.493 e. The molecule has 0 amide bonds. The van der Waals surface area contributed by atoms with Gasteiger partial charge in [0.15, 0.2) is 11.4 Å². The zero-order chi connectivity index (χ0) is 14.0. The molecule has 0 bridgehead atoms. The maximum Gasteiger partial charge on any atom is 0.224 e. The van der Waals surface area contributed by atoms with E-state index in [1.165, 1.54) is 16.2 Å². The second-order valence-electron chi connectivity index (χ2n) is 4.55. The zero-order valence-corrected chi connectivity index (χ0v) is 12.5. The number of carbonyl (C=O) groups is 1. The summed E-state index contributed by atoms with van der Waals surface area (Å²) in [4.78, 5) is 14.6. The summed E-state index contributed by atoms with van der Waals surface area (Å²) in [6, 6.07) is 4.00. The number of hydrogen-bond donors (Lipinski definition) is 0. The summed E-state index contributed by atoms with van der Waals surface area (Å²) in [6.07, 6.45) is 2.54. The van der Waals surface area contributed by atoms with Gasteiger partial charge in [-0.3, -0.25) is 9.48 Å². The Balaban J connectivity index is 2.45. The lowest BCUT2D eigenvalue weighted by Gasteiger charge is -2.10. The van der Waals surface area contributed by atoms with E-state index in [4.69, 9.17) is 4.74 Å². The molecule has 0 N–H and O–H groups in total. The predicted molar refractivity (Wildman–Crippen MR) is 76.3 cm³/mol. The van der Waals surface area contributed by atoms with Crippen LogP contribution in [0.2, 0.25) is 0 Å². The molecule has 4 nitrogen and oxygen atoms in total. The molecule has 0 aliphatic heterocycles. The van der Waals surface area contributed by atoms with Gasteiger partial charge in [0, 0.05) is 10.9 Å². The average molecular weight is 278 g/mol. The molecule has 0 saturated heterocycles. The lowest BCUT2D eigenvalue weighted by atomic mass is 10.2. The molecule has 2 aromatic heterocycles. The summed E-state index contributed by atoms with van der Waals surface area (Å²) < 4.78 is 6.97. The fourth-order valence-electron chi connectivity index (χ4n) is 1.91. The first-order chi connectivity index (χ1) is 9.08. The number of ether oxygens (including phenoxy) is 1. The number of hydrogen-bond acceptors (Lipinski definition) is 4. The predicted octanol–water partition coefficient (Wildman–Crippen LogP) is 3.33. The van der Waals surface area contributed by atoms with Crippen LogP contribution in [0.15, 0.2) is 18.3 Å². The van der Waals surface area contributed by atoms with Gasteiger partial charge in [0.05, 0.1) is 18.2 Å². The van der Waals surface area contributed by atoms with Gasteiger partial charge in [0.25, 0.3) is 0 Å². The molecule has 0 aromatic carbocycles. The minimum atomic E-state index is -0.0206. The van der Waals surface area contributed by atoms with Gasteiger partial charge in [-0.1, -0.05) is 6.92 Å². The van der Waals surface area contributed by atoms with Crippen molar-refractivity contribution < 1.29 is 9.53 Å². The highest BCUT2D eigenvalue weighted by Crippen LogP contribution is 2.27. The van der Waals surface area contributed by atoms with Gasteiger partial charge < -0.3 is 4.74 Å². The van der Waals surface area contributed by atoms with E-state index in [9.17, 15) is 4.79 Å². The van der Waals surface area contributed by atoms with Crippen molar-refractivity contribution in [2.45, 2.75) is 33.2 Å². The molecular weight excluding hydrogens is 260 g/mol. The molecule has 102 valence electrons. The molecule has 0 atom stereocenters. The van der Waals surface area contributed by atoms with Crippen LogP contribution in [0.25, 0.3) is 0 Å². The maximum atomic E-state index is 12.6. The number of nitrogens with zero attached hydrogens (tertiary/aromatic N) is 2. The molecule has 0 aliphatic carbocycles. The Morgan fingerprint density at radius 2 is 2.21 bits per heavy atom. The fraction of sp³-hybridized carbons (Fsp3) is 0.429. The van der Waals surface area contributed by atoms with Crippen LogP contribution in [-0.2, 0) is 6.42 Å². The van der Waals surface area contributed by atoms with Crippen molar-refractivity contribution in [3.05, 3.63) is 33.8 Å². The van der Waals surface area contributed by atoms with Crippen LogP contribution in [0.5, 0.6) is 5.75 Å². The number of methoxy groups -OCH3 is 1. The summed E-state index contributed by atoms with van der Waals surface area (Å²) in [5.41, 5.74) is 0.530. The summed E-state index contributed by atoms with van der Waals surface area (Å²) in [6.45, 7) is 6.07. The van der Waals surface area contributed by atoms with Crippen molar-refractivity contribution in [2.24, 2.45) is 0 Å². The molecule has 0 radical (unpaired) electrons. The Morgan fingerprint density at radius 3 is 2.74 bits per heavy atom. The van der Waals surface area contributed by atoms with Crippen LogP contribution < -0.4 is 4.74 Å². The molecule has 2 rings (SSSR count). The van der Waals surface area contributed by atoms with Gasteiger partial charge in [-0.15, -0.1) is 11.3 Å². The van der Waals surface area contributed by atoms with E-state index < -0.39 is 0 Å². The summed E-state index contributed by atoms with van der Waals surface area (Å²) in [7, 11) is 1.56. The number of aromatic nitrogens is 2. The topological polar surface area (TPSA) is 44.1 Å². The summed E-state index contributed by atoms with van der Waals surface area (Å²) in [5, 5.41) is 4.24. The highest BCUT2D eigenvalue weighted by Gasteiger charge is 2.23. The SMILES string of the molecule is CCc1ccc(C(=O)c2c(OC)cnn2C(C)C)s1. The number of ketones is 1. The lowest BCUT2D eigenvalue weighted by molar-refractivity contribution is 0.102. The first kappa shape index (κ1) is 13.8. The number of rotatable bonds is 5. The van der Waals surface area contributed by atoms with E-state index >= 15 is 0 Å². The highest BCUT2D eigenvalue weighted by atomic mass is 32.1. The van der Waals surface area contributed by atoms with Crippen LogP contribution >= 0.6 is 11.3 Å². The monoisotopic (exact) mass is 278 g/mol. The van der Waals surface area contributed by atoms with Gasteiger partial charge in [-0.25, -0.2) is 0 Å². The Morgan fingerprint density at radius 1 is 1.47 bits per heavy atom. The molecule has 0 saturated carbocycles. The van der Waals surface area contributed by atoms with Crippen molar-refractivity contribution in [3.8, 4) is 5.75 Å². The van der Waals surface area contributed by atoms with E-state index in [1.807, 2.05) is 26.0 Å². The second-order valence-corrected chi connectivity index (χ2v) is 5.72. The molecule has 2 aromatic rings. The van der Waals surface area contributed by atoms with E-state index in [0.29, 0.717) is 11.4 Å². The van der Waals surface area contributed by atoms with Crippen molar-refractivity contribution in [2.75, 3.05) is 7.11 Å². The average Bonchev–Trinajstić information content (AvgIpc) is 3.03. The third-order valence-corrected chi connectivity index (χ3v) is 4.15. The Labute approximate surface area is 117 Å². The highest BCUT2D eigenvalue weighted by molar-refractivity contribution is 7.14. The first-order valence-corrected chi connectivity index (χ1v) is 7.15. The summed E-state index contributed by atoms with van der Waals surface area (Å²) >= 11 is 1.53. The van der Waals surface area contributed by atoms with E-state index in [2.05, 4.69) is 12.0 Å². The largest absolute Gasteiger partial charge is 0.493 e. The van der Waals surface area contributed by atoms with E-state index in [1.54, 1.807) is 18.0 Å². The Kier molecular flexibility index (Phi) is 4.04. The van der Waals surface area contributed by atoms with Gasteiger partial charge in [0.2, 0.25) is 5.78 Å². The molecule has 0 unspecified atom stereocenters. The van der Waals surface area contributed by atoms with Crippen LogP contribution in [0.3, 0.4) is 0 Å². The zero-order valence-electron chi connectivity index (χ0n) is 11.6.